The molecule has 1 aromatic carbocycles. The fraction of sp³-hybridized carbons (Fsp3) is 0.368. The number of H-pyrrole nitrogens is 1. The largest absolute Gasteiger partial charge is 0.355 e. The van der Waals surface area contributed by atoms with Crippen molar-refractivity contribution in [3.63, 3.8) is 0 Å². The predicted molar refractivity (Wildman–Crippen MR) is 110 cm³/mol. The maximum absolute atomic E-state index is 12.3. The smallest absolute Gasteiger partial charge is 0.181 e. The lowest BCUT2D eigenvalue weighted by Crippen LogP contribution is -2.31. The van der Waals surface area contributed by atoms with Crippen LogP contribution in [0, 0.1) is 0 Å². The molecule has 3 aromatic rings. The van der Waals surface area contributed by atoms with Crippen LogP contribution in [-0.2, 0) is 9.84 Å². The number of hydrogen-bond acceptors (Lipinski definition) is 8. The standard InChI is InChI=1S/C19H23N7O2S/c1-25(2)14-9-10-26(12-14)17-8-7-13(11-20-17)15-5-4-6-16(29(3,27)28)18(15)19-21-23-24-22-19/h4-8,11,14H,9-10,12H2,1-3H3,(H,21,22,23,24). The van der Waals surface area contributed by atoms with Crippen molar-refractivity contribution in [2.75, 3.05) is 38.3 Å². The minimum atomic E-state index is -3.47. The van der Waals surface area contributed by atoms with Gasteiger partial charge in [0.25, 0.3) is 0 Å². The van der Waals surface area contributed by atoms with E-state index < -0.39 is 9.84 Å². The molecule has 0 amide bonds. The zero-order valence-electron chi connectivity index (χ0n) is 16.6. The summed E-state index contributed by atoms with van der Waals surface area (Å²) in [7, 11) is 0.719. The van der Waals surface area contributed by atoms with Gasteiger partial charge in [-0.15, -0.1) is 5.10 Å². The van der Waals surface area contributed by atoms with E-state index >= 15 is 0 Å². The summed E-state index contributed by atoms with van der Waals surface area (Å²) in [5, 5.41) is 13.8. The lowest BCUT2D eigenvalue weighted by atomic mass is 10.0. The molecular weight excluding hydrogens is 390 g/mol. The van der Waals surface area contributed by atoms with Crippen molar-refractivity contribution < 1.29 is 8.42 Å². The summed E-state index contributed by atoms with van der Waals surface area (Å²) in [5.74, 6) is 1.22. The molecule has 1 fully saturated rings. The van der Waals surface area contributed by atoms with Gasteiger partial charge < -0.3 is 9.80 Å². The second-order valence-electron chi connectivity index (χ2n) is 7.46. The molecule has 0 spiro atoms. The minimum absolute atomic E-state index is 0.172. The zero-order chi connectivity index (χ0) is 20.6. The Balaban J connectivity index is 1.73. The molecule has 0 saturated carbocycles. The number of benzene rings is 1. The summed E-state index contributed by atoms with van der Waals surface area (Å²) >= 11 is 0. The van der Waals surface area contributed by atoms with Gasteiger partial charge in [0.2, 0.25) is 0 Å². The number of sulfone groups is 1. The molecule has 0 bridgehead atoms. The number of hydrogen-bond donors (Lipinski definition) is 1. The van der Waals surface area contributed by atoms with Gasteiger partial charge in [0.1, 0.15) is 5.82 Å². The Hall–Kier alpha value is -2.85. The summed E-state index contributed by atoms with van der Waals surface area (Å²) in [5.41, 5.74) is 1.95. The van der Waals surface area contributed by atoms with Crippen LogP contribution in [0.25, 0.3) is 22.5 Å². The highest BCUT2D eigenvalue weighted by Crippen LogP contribution is 2.35. The number of aromatic amines is 1. The van der Waals surface area contributed by atoms with Crippen LogP contribution in [0.5, 0.6) is 0 Å². The van der Waals surface area contributed by atoms with Crippen LogP contribution >= 0.6 is 0 Å². The molecule has 1 saturated heterocycles. The van der Waals surface area contributed by atoms with Crippen LogP contribution in [0.15, 0.2) is 41.4 Å². The van der Waals surface area contributed by atoms with Gasteiger partial charge >= 0.3 is 0 Å². The third-order valence-corrected chi connectivity index (χ3v) is 6.42. The average Bonchev–Trinajstić information content (AvgIpc) is 3.39. The normalized spacial score (nSPS) is 17.2. The van der Waals surface area contributed by atoms with Crippen molar-refractivity contribution in [1.29, 1.82) is 0 Å². The number of anilines is 1. The summed E-state index contributed by atoms with van der Waals surface area (Å²) in [6.45, 7) is 1.91. The number of tetrazole rings is 1. The fourth-order valence-corrected chi connectivity index (χ4v) is 4.60. The highest BCUT2D eigenvalue weighted by atomic mass is 32.2. The molecule has 1 unspecified atom stereocenters. The zero-order valence-corrected chi connectivity index (χ0v) is 17.4. The minimum Gasteiger partial charge on any atom is -0.355 e. The van der Waals surface area contributed by atoms with Gasteiger partial charge in [-0.25, -0.2) is 18.5 Å². The Labute approximate surface area is 169 Å². The van der Waals surface area contributed by atoms with Crippen molar-refractivity contribution >= 4 is 15.7 Å². The van der Waals surface area contributed by atoms with E-state index in [-0.39, 0.29) is 4.90 Å². The highest BCUT2D eigenvalue weighted by molar-refractivity contribution is 7.90. The van der Waals surface area contributed by atoms with E-state index in [1.165, 1.54) is 6.26 Å². The van der Waals surface area contributed by atoms with Gasteiger partial charge in [0, 0.05) is 42.7 Å². The molecule has 1 aliphatic heterocycles. The van der Waals surface area contributed by atoms with E-state index in [9.17, 15) is 8.42 Å². The molecule has 1 N–H and O–H groups in total. The Bertz CT molecular complexity index is 1100. The number of rotatable bonds is 5. The van der Waals surface area contributed by atoms with Gasteiger partial charge in [0.15, 0.2) is 15.7 Å². The topological polar surface area (TPSA) is 108 Å². The Kier molecular flexibility index (Phi) is 5.05. The number of aromatic nitrogens is 5. The highest BCUT2D eigenvalue weighted by Gasteiger charge is 2.25. The number of nitrogens with zero attached hydrogens (tertiary/aromatic N) is 6. The van der Waals surface area contributed by atoms with E-state index in [0.29, 0.717) is 23.0 Å². The third kappa shape index (κ3) is 3.85. The molecule has 152 valence electrons. The summed E-state index contributed by atoms with van der Waals surface area (Å²) in [6.07, 6.45) is 4.05. The van der Waals surface area contributed by atoms with Crippen LogP contribution in [0.4, 0.5) is 5.82 Å². The quantitative estimate of drug-likeness (QED) is 0.670. The fourth-order valence-electron chi connectivity index (χ4n) is 3.69. The first kappa shape index (κ1) is 19.5. The third-order valence-electron chi connectivity index (χ3n) is 5.28. The Morgan fingerprint density at radius 1 is 1.21 bits per heavy atom. The van der Waals surface area contributed by atoms with Crippen molar-refractivity contribution in [3.05, 3.63) is 36.5 Å². The maximum atomic E-state index is 12.3. The van der Waals surface area contributed by atoms with Crippen molar-refractivity contribution in [1.82, 2.24) is 30.5 Å². The Morgan fingerprint density at radius 2 is 2.03 bits per heavy atom. The monoisotopic (exact) mass is 413 g/mol. The summed E-state index contributed by atoms with van der Waals surface area (Å²) < 4.78 is 24.7. The predicted octanol–water partition coefficient (Wildman–Crippen LogP) is 1.47. The van der Waals surface area contributed by atoms with Crippen LogP contribution < -0.4 is 4.90 Å². The lowest BCUT2D eigenvalue weighted by Gasteiger charge is -2.21. The van der Waals surface area contributed by atoms with Gasteiger partial charge in [-0.2, -0.15) is 0 Å². The van der Waals surface area contributed by atoms with Gasteiger partial charge in [-0.3, -0.25) is 0 Å². The maximum Gasteiger partial charge on any atom is 0.181 e. The second kappa shape index (κ2) is 7.53. The van der Waals surface area contributed by atoms with E-state index in [0.717, 1.165) is 30.9 Å². The first-order valence-corrected chi connectivity index (χ1v) is 11.2. The van der Waals surface area contributed by atoms with Crippen molar-refractivity contribution in [2.24, 2.45) is 0 Å². The first-order valence-electron chi connectivity index (χ1n) is 9.29. The van der Waals surface area contributed by atoms with Gasteiger partial charge in [-0.05, 0) is 54.7 Å². The Morgan fingerprint density at radius 3 is 2.62 bits per heavy atom. The van der Waals surface area contributed by atoms with Crippen LogP contribution in [-0.4, -0.2) is 78.4 Å². The molecule has 4 rings (SSSR count). The lowest BCUT2D eigenvalue weighted by molar-refractivity contribution is 0.315. The molecule has 29 heavy (non-hydrogen) atoms. The molecule has 10 heteroatoms. The SMILES string of the molecule is CN(C)C1CCN(c2ccc(-c3cccc(S(C)(=O)=O)c3-c3nnn[nH]3)cn2)C1. The summed E-state index contributed by atoms with van der Waals surface area (Å²) in [6, 6.07) is 9.58. The first-order chi connectivity index (χ1) is 13.8. The van der Waals surface area contributed by atoms with E-state index in [4.69, 9.17) is 0 Å². The van der Waals surface area contributed by atoms with Crippen molar-refractivity contribution in [3.8, 4) is 22.5 Å². The van der Waals surface area contributed by atoms with E-state index in [1.807, 2.05) is 18.2 Å². The molecule has 0 aliphatic carbocycles. The summed E-state index contributed by atoms with van der Waals surface area (Å²) in [4.78, 5) is 9.32. The molecule has 9 nitrogen and oxygen atoms in total. The number of likely N-dealkylation sites (N-methyl/N-ethyl adjacent to an activating group) is 1. The van der Waals surface area contributed by atoms with Crippen LogP contribution in [0.1, 0.15) is 6.42 Å². The van der Waals surface area contributed by atoms with Gasteiger partial charge in [0.05, 0.1) is 4.90 Å². The van der Waals surface area contributed by atoms with E-state index in [1.54, 1.807) is 18.3 Å². The average molecular weight is 414 g/mol. The van der Waals surface area contributed by atoms with Crippen LogP contribution in [0.3, 0.4) is 0 Å². The molecule has 3 heterocycles. The van der Waals surface area contributed by atoms with Crippen LogP contribution in [0.2, 0.25) is 0 Å². The number of pyridine rings is 1. The molecule has 1 atom stereocenters. The number of nitrogens with one attached hydrogen (secondary N) is 1. The van der Waals surface area contributed by atoms with Gasteiger partial charge in [-0.1, -0.05) is 12.1 Å². The molecule has 1 aliphatic rings. The molecular formula is C19H23N7O2S. The molecule has 0 radical (unpaired) electrons. The van der Waals surface area contributed by atoms with E-state index in [2.05, 4.69) is 49.5 Å². The van der Waals surface area contributed by atoms with Crippen molar-refractivity contribution in [2.45, 2.75) is 17.4 Å². The second-order valence-corrected chi connectivity index (χ2v) is 9.44. The molecule has 2 aromatic heterocycles.